The molecule has 2 heterocycles. The number of fused-ring (bicyclic) bond motifs is 1. The van der Waals surface area contributed by atoms with Gasteiger partial charge in [-0.25, -0.2) is 4.68 Å². The van der Waals surface area contributed by atoms with Crippen LogP contribution in [0.2, 0.25) is 0 Å². The van der Waals surface area contributed by atoms with Crippen molar-refractivity contribution < 1.29 is 0 Å². The highest BCUT2D eigenvalue weighted by atomic mass is 15.3. The smallest absolute Gasteiger partial charge is 0.148 e. The van der Waals surface area contributed by atoms with Crippen LogP contribution in [0.3, 0.4) is 0 Å². The lowest BCUT2D eigenvalue weighted by Crippen LogP contribution is -2.41. The molecule has 4 aromatic rings. The molecule has 4 rings (SSSR count). The van der Waals surface area contributed by atoms with Crippen molar-refractivity contribution in [3.8, 4) is 11.3 Å². The van der Waals surface area contributed by atoms with Crippen molar-refractivity contribution in [1.29, 1.82) is 10.8 Å². The molecule has 5 nitrogen and oxygen atoms in total. The van der Waals surface area contributed by atoms with Gasteiger partial charge >= 0.3 is 0 Å². The summed E-state index contributed by atoms with van der Waals surface area (Å²) in [7, 11) is 0. The first-order valence-electron chi connectivity index (χ1n) is 9.12. The fourth-order valence-electron chi connectivity index (χ4n) is 3.22. The van der Waals surface area contributed by atoms with Crippen LogP contribution in [-0.4, -0.2) is 20.6 Å². The Bertz CT molecular complexity index is 1220. The molecule has 0 fully saturated rings. The number of nitrogens with zero attached hydrogens (tertiary/aromatic N) is 3. The van der Waals surface area contributed by atoms with Crippen LogP contribution in [-0.2, 0) is 5.41 Å². The van der Waals surface area contributed by atoms with E-state index in [1.54, 1.807) is 12.3 Å². The summed E-state index contributed by atoms with van der Waals surface area (Å²) >= 11 is 0. The number of hydrogen-bond donors (Lipinski definition) is 2. The number of pyridine rings is 1. The van der Waals surface area contributed by atoms with E-state index in [1.807, 2.05) is 74.5 Å². The van der Waals surface area contributed by atoms with Gasteiger partial charge in [0.05, 0.1) is 11.2 Å². The molecule has 0 bridgehead atoms. The second-order valence-electron chi connectivity index (χ2n) is 7.27. The van der Waals surface area contributed by atoms with Gasteiger partial charge in [0, 0.05) is 22.6 Å². The first-order chi connectivity index (χ1) is 13.5. The molecule has 2 aromatic carbocycles. The van der Waals surface area contributed by atoms with Gasteiger partial charge in [-0.1, -0.05) is 42.5 Å². The van der Waals surface area contributed by atoms with E-state index in [1.165, 1.54) is 4.68 Å². The zero-order chi connectivity index (χ0) is 19.7. The summed E-state index contributed by atoms with van der Waals surface area (Å²) in [5.41, 5.74) is 3.15. The molecule has 0 aliphatic rings. The van der Waals surface area contributed by atoms with Crippen molar-refractivity contribution in [3.63, 3.8) is 0 Å². The van der Waals surface area contributed by atoms with Gasteiger partial charge in [-0.2, -0.15) is 5.10 Å². The highest BCUT2D eigenvalue weighted by Crippen LogP contribution is 2.27. The number of rotatable bonds is 3. The molecule has 0 unspecified atom stereocenters. The quantitative estimate of drug-likeness (QED) is 0.416. The Labute approximate surface area is 163 Å². The lowest BCUT2D eigenvalue weighted by molar-refractivity contribution is 0.647. The van der Waals surface area contributed by atoms with Crippen molar-refractivity contribution in [2.24, 2.45) is 0 Å². The van der Waals surface area contributed by atoms with Crippen molar-refractivity contribution in [1.82, 2.24) is 14.8 Å². The van der Waals surface area contributed by atoms with Crippen molar-refractivity contribution in [2.45, 2.75) is 19.3 Å². The minimum atomic E-state index is -0.632. The Morgan fingerprint density at radius 3 is 2.50 bits per heavy atom. The van der Waals surface area contributed by atoms with Gasteiger partial charge in [0.25, 0.3) is 0 Å². The first-order valence-corrected chi connectivity index (χ1v) is 9.12. The van der Waals surface area contributed by atoms with Crippen LogP contribution in [0.15, 0.2) is 79.0 Å². The van der Waals surface area contributed by atoms with Gasteiger partial charge in [0.1, 0.15) is 11.3 Å². The third-order valence-electron chi connectivity index (χ3n) is 5.03. The molecule has 0 radical (unpaired) electrons. The maximum atomic E-state index is 8.84. The summed E-state index contributed by atoms with van der Waals surface area (Å²) < 4.78 is 1.41. The van der Waals surface area contributed by atoms with Gasteiger partial charge in [-0.05, 0) is 49.7 Å². The van der Waals surface area contributed by atoms with Gasteiger partial charge < -0.3 is 0 Å². The summed E-state index contributed by atoms with van der Waals surface area (Å²) in [5, 5.41) is 22.7. The van der Waals surface area contributed by atoms with Crippen molar-refractivity contribution >= 4 is 16.7 Å². The molecule has 0 amide bonds. The predicted molar refractivity (Wildman–Crippen MR) is 111 cm³/mol. The van der Waals surface area contributed by atoms with Crippen LogP contribution in [0.25, 0.3) is 22.2 Å². The topological polar surface area (TPSA) is 78.4 Å². The molecule has 0 saturated carbocycles. The highest BCUT2D eigenvalue weighted by molar-refractivity contribution is 5.92. The predicted octanol–water partition coefficient (Wildman–Crippen LogP) is 4.38. The Hall–Kier alpha value is -3.60. The maximum absolute atomic E-state index is 8.84. The molecule has 0 spiro atoms. The first kappa shape index (κ1) is 17.8. The summed E-state index contributed by atoms with van der Waals surface area (Å²) in [5.74, 6) is 0.249. The van der Waals surface area contributed by atoms with Crippen LogP contribution in [0.1, 0.15) is 19.4 Å². The van der Waals surface area contributed by atoms with E-state index >= 15 is 0 Å². The standard InChI is InChI=1S/C23H21N5/c1-23(2,18-10-11-19-17(15-18)9-6-14-26-19)22(25)28-21(24)13-12-20(27-28)16-7-4-3-5-8-16/h3-15,24-25H,1-2H3. The normalized spacial score (nSPS) is 11.5. The fraction of sp³-hybridized carbons (Fsp3) is 0.130. The number of nitrogens with one attached hydrogen (secondary N) is 2. The van der Waals surface area contributed by atoms with Gasteiger partial charge in [0.2, 0.25) is 0 Å². The SMILES string of the molecule is CC(C)(C(=N)n1nc(-c2ccccc2)ccc1=N)c1ccc2ncccc2c1. The van der Waals surface area contributed by atoms with Gasteiger partial charge in [0.15, 0.2) is 0 Å². The monoisotopic (exact) mass is 367 g/mol. The Kier molecular flexibility index (Phi) is 4.35. The van der Waals surface area contributed by atoms with Crippen LogP contribution >= 0.6 is 0 Å². The number of benzene rings is 2. The van der Waals surface area contributed by atoms with Crippen LogP contribution in [0.4, 0.5) is 0 Å². The zero-order valence-electron chi connectivity index (χ0n) is 15.8. The third kappa shape index (κ3) is 3.11. The van der Waals surface area contributed by atoms with Crippen LogP contribution in [0.5, 0.6) is 0 Å². The summed E-state index contributed by atoms with van der Waals surface area (Å²) in [6.07, 6.45) is 1.77. The van der Waals surface area contributed by atoms with Gasteiger partial charge in [-0.3, -0.25) is 15.8 Å². The van der Waals surface area contributed by atoms with E-state index in [-0.39, 0.29) is 11.3 Å². The van der Waals surface area contributed by atoms with E-state index in [4.69, 9.17) is 10.8 Å². The van der Waals surface area contributed by atoms with E-state index in [0.717, 1.165) is 27.7 Å². The minimum absolute atomic E-state index is 0.181. The zero-order valence-corrected chi connectivity index (χ0v) is 15.8. The summed E-state index contributed by atoms with van der Waals surface area (Å²) in [6.45, 7) is 3.96. The number of aromatic nitrogens is 3. The molecule has 5 heteroatoms. The average Bonchev–Trinajstić information content (AvgIpc) is 2.74. The number of hydrogen-bond acceptors (Lipinski definition) is 4. The van der Waals surface area contributed by atoms with E-state index < -0.39 is 5.41 Å². The molecular weight excluding hydrogens is 346 g/mol. The Balaban J connectivity index is 1.78. The minimum Gasteiger partial charge on any atom is -0.286 e. The molecule has 0 saturated heterocycles. The van der Waals surface area contributed by atoms with Crippen molar-refractivity contribution in [3.05, 3.63) is 90.0 Å². The average molecular weight is 367 g/mol. The third-order valence-corrected chi connectivity index (χ3v) is 5.03. The van der Waals surface area contributed by atoms with Crippen LogP contribution in [0, 0.1) is 10.8 Å². The summed E-state index contributed by atoms with van der Waals surface area (Å²) in [4.78, 5) is 4.37. The second-order valence-corrected chi connectivity index (χ2v) is 7.27. The Morgan fingerprint density at radius 1 is 0.929 bits per heavy atom. The molecule has 138 valence electrons. The largest absolute Gasteiger partial charge is 0.286 e. The fourth-order valence-corrected chi connectivity index (χ4v) is 3.22. The van der Waals surface area contributed by atoms with E-state index in [2.05, 4.69) is 16.1 Å². The second kappa shape index (κ2) is 6.85. The van der Waals surface area contributed by atoms with E-state index in [9.17, 15) is 0 Å². The van der Waals surface area contributed by atoms with Crippen molar-refractivity contribution in [2.75, 3.05) is 0 Å². The van der Waals surface area contributed by atoms with Crippen LogP contribution < -0.4 is 5.49 Å². The molecule has 2 aromatic heterocycles. The lowest BCUT2D eigenvalue weighted by Gasteiger charge is -2.27. The van der Waals surface area contributed by atoms with Gasteiger partial charge in [-0.15, -0.1) is 0 Å². The molecule has 28 heavy (non-hydrogen) atoms. The molecular formula is C23H21N5. The molecule has 2 N–H and O–H groups in total. The maximum Gasteiger partial charge on any atom is 0.148 e. The molecule has 0 aliphatic heterocycles. The molecule has 0 aliphatic carbocycles. The molecule has 0 atom stereocenters. The Morgan fingerprint density at radius 2 is 1.71 bits per heavy atom. The highest BCUT2D eigenvalue weighted by Gasteiger charge is 2.29. The van der Waals surface area contributed by atoms with E-state index in [0.29, 0.717) is 0 Å². The lowest BCUT2D eigenvalue weighted by atomic mass is 9.82. The summed E-state index contributed by atoms with van der Waals surface area (Å²) in [6, 6.07) is 23.3.